The van der Waals surface area contributed by atoms with Crippen LogP contribution in [0.1, 0.15) is 29.4 Å². The highest BCUT2D eigenvalue weighted by atomic mass is 32.2. The van der Waals surface area contributed by atoms with Gasteiger partial charge < -0.3 is 10.6 Å². The maximum absolute atomic E-state index is 11.5. The van der Waals surface area contributed by atoms with E-state index in [1.807, 2.05) is 30.8 Å². The maximum Gasteiger partial charge on any atom is 0.191 e. The molecule has 0 bridgehead atoms. The second kappa shape index (κ2) is 8.56. The van der Waals surface area contributed by atoms with Gasteiger partial charge in [0.05, 0.1) is 10.6 Å². The molecule has 148 valence electrons. The molecule has 0 spiro atoms. The predicted octanol–water partition coefficient (Wildman–Crippen LogP) is 1.74. The maximum atomic E-state index is 11.5. The highest BCUT2D eigenvalue weighted by molar-refractivity contribution is 7.90. The minimum absolute atomic E-state index is 0.186. The SMILES string of the molecule is CN=C(NCc1ccc(S(C)(=O)=O)cc1)NC(C)Cc1c(C)nn(C)c1C. The average molecular weight is 392 g/mol. The van der Waals surface area contributed by atoms with Crippen molar-refractivity contribution in [2.75, 3.05) is 13.3 Å². The van der Waals surface area contributed by atoms with E-state index in [0.29, 0.717) is 17.4 Å². The van der Waals surface area contributed by atoms with Gasteiger partial charge in [-0.15, -0.1) is 0 Å². The van der Waals surface area contributed by atoms with Gasteiger partial charge in [0, 0.05) is 38.6 Å². The first-order valence-electron chi connectivity index (χ1n) is 8.87. The Bertz CT molecular complexity index is 914. The number of benzene rings is 1. The molecule has 8 heteroatoms. The fourth-order valence-electron chi connectivity index (χ4n) is 2.94. The van der Waals surface area contributed by atoms with Crippen LogP contribution >= 0.6 is 0 Å². The molecule has 0 aliphatic heterocycles. The summed E-state index contributed by atoms with van der Waals surface area (Å²) in [5, 5.41) is 11.1. The highest BCUT2D eigenvalue weighted by Crippen LogP contribution is 2.14. The minimum atomic E-state index is -3.17. The van der Waals surface area contributed by atoms with Crippen molar-refractivity contribution in [3.8, 4) is 0 Å². The van der Waals surface area contributed by atoms with Crippen molar-refractivity contribution in [3.63, 3.8) is 0 Å². The quantitative estimate of drug-likeness (QED) is 0.578. The third-order valence-electron chi connectivity index (χ3n) is 4.59. The van der Waals surface area contributed by atoms with E-state index in [9.17, 15) is 8.42 Å². The van der Waals surface area contributed by atoms with Gasteiger partial charge in [0.1, 0.15) is 0 Å². The Balaban J connectivity index is 1.93. The van der Waals surface area contributed by atoms with E-state index in [2.05, 4.69) is 34.6 Å². The summed E-state index contributed by atoms with van der Waals surface area (Å²) < 4.78 is 25.0. The van der Waals surface area contributed by atoms with E-state index >= 15 is 0 Å². The molecule has 0 radical (unpaired) electrons. The van der Waals surface area contributed by atoms with Crippen LogP contribution in [-0.4, -0.2) is 43.5 Å². The number of hydrogen-bond donors (Lipinski definition) is 2. The van der Waals surface area contributed by atoms with Crippen LogP contribution in [0.4, 0.5) is 0 Å². The zero-order chi connectivity index (χ0) is 20.2. The van der Waals surface area contributed by atoms with Crippen LogP contribution in [0.15, 0.2) is 34.2 Å². The third-order valence-corrected chi connectivity index (χ3v) is 5.72. The van der Waals surface area contributed by atoms with E-state index in [0.717, 1.165) is 17.7 Å². The Morgan fingerprint density at radius 3 is 2.37 bits per heavy atom. The summed E-state index contributed by atoms with van der Waals surface area (Å²) >= 11 is 0. The minimum Gasteiger partial charge on any atom is -0.354 e. The van der Waals surface area contributed by atoms with Gasteiger partial charge in [0.2, 0.25) is 0 Å². The molecule has 1 unspecified atom stereocenters. The van der Waals surface area contributed by atoms with E-state index in [1.54, 1.807) is 19.2 Å². The number of hydrogen-bond acceptors (Lipinski definition) is 4. The molecule has 0 saturated heterocycles. The molecule has 0 fully saturated rings. The normalized spacial score (nSPS) is 13.5. The molecule has 27 heavy (non-hydrogen) atoms. The van der Waals surface area contributed by atoms with Gasteiger partial charge in [-0.1, -0.05) is 12.1 Å². The van der Waals surface area contributed by atoms with Crippen LogP contribution < -0.4 is 10.6 Å². The van der Waals surface area contributed by atoms with Crippen molar-refractivity contribution in [2.24, 2.45) is 12.0 Å². The zero-order valence-electron chi connectivity index (χ0n) is 16.9. The topological polar surface area (TPSA) is 88.4 Å². The summed E-state index contributed by atoms with van der Waals surface area (Å²) in [6.07, 6.45) is 2.06. The van der Waals surface area contributed by atoms with Crippen LogP contribution in [0.3, 0.4) is 0 Å². The van der Waals surface area contributed by atoms with E-state index < -0.39 is 9.84 Å². The second-order valence-electron chi connectivity index (χ2n) is 6.86. The van der Waals surface area contributed by atoms with Gasteiger partial charge in [-0.2, -0.15) is 5.10 Å². The van der Waals surface area contributed by atoms with Crippen molar-refractivity contribution in [1.29, 1.82) is 0 Å². The van der Waals surface area contributed by atoms with Gasteiger partial charge in [-0.3, -0.25) is 9.67 Å². The molecular formula is C19H29N5O2S. The Hall–Kier alpha value is -2.35. The summed E-state index contributed by atoms with van der Waals surface area (Å²) in [6, 6.07) is 7.05. The lowest BCUT2D eigenvalue weighted by Gasteiger charge is -2.18. The fraction of sp³-hybridized carbons (Fsp3) is 0.474. The van der Waals surface area contributed by atoms with Gasteiger partial charge in [-0.05, 0) is 50.5 Å². The number of guanidine groups is 1. The number of aliphatic imine (C=N–C) groups is 1. The summed E-state index contributed by atoms with van der Waals surface area (Å²) in [5.41, 5.74) is 4.47. The van der Waals surface area contributed by atoms with Crippen LogP contribution in [0.2, 0.25) is 0 Å². The number of nitrogens with one attached hydrogen (secondary N) is 2. The van der Waals surface area contributed by atoms with Crippen LogP contribution in [0, 0.1) is 13.8 Å². The van der Waals surface area contributed by atoms with Crippen molar-refractivity contribution in [3.05, 3.63) is 46.8 Å². The second-order valence-corrected chi connectivity index (χ2v) is 8.88. The molecule has 1 atom stereocenters. The van der Waals surface area contributed by atoms with Crippen LogP contribution in [0.25, 0.3) is 0 Å². The van der Waals surface area contributed by atoms with E-state index in [-0.39, 0.29) is 6.04 Å². The molecule has 1 aromatic heterocycles. The number of aryl methyl sites for hydroxylation is 2. The van der Waals surface area contributed by atoms with E-state index in [1.165, 1.54) is 17.5 Å². The molecular weight excluding hydrogens is 362 g/mol. The molecule has 1 heterocycles. The molecule has 0 saturated carbocycles. The Morgan fingerprint density at radius 2 is 1.89 bits per heavy atom. The first kappa shape index (κ1) is 21.0. The van der Waals surface area contributed by atoms with Crippen molar-refractivity contribution >= 4 is 15.8 Å². The monoisotopic (exact) mass is 391 g/mol. The molecule has 0 aliphatic carbocycles. The smallest absolute Gasteiger partial charge is 0.191 e. The molecule has 1 aromatic carbocycles. The lowest BCUT2D eigenvalue weighted by Crippen LogP contribution is -2.42. The summed E-state index contributed by atoms with van der Waals surface area (Å²) in [5.74, 6) is 0.703. The van der Waals surface area contributed by atoms with Crippen molar-refractivity contribution in [1.82, 2.24) is 20.4 Å². The molecule has 0 amide bonds. The number of sulfone groups is 1. The molecule has 0 aliphatic rings. The van der Waals surface area contributed by atoms with Gasteiger partial charge in [0.15, 0.2) is 15.8 Å². The largest absolute Gasteiger partial charge is 0.354 e. The first-order chi connectivity index (χ1) is 12.6. The third kappa shape index (κ3) is 5.56. The zero-order valence-corrected chi connectivity index (χ0v) is 17.7. The predicted molar refractivity (Wildman–Crippen MR) is 109 cm³/mol. The number of aromatic nitrogens is 2. The molecule has 2 N–H and O–H groups in total. The standard InChI is InChI=1S/C19H29N5O2S/c1-13(11-18-14(2)23-24(5)15(18)3)22-19(20-4)21-12-16-7-9-17(10-8-16)27(6,25)26/h7-10,13H,11-12H2,1-6H3,(H2,20,21,22). The Labute approximate surface area is 161 Å². The average Bonchev–Trinajstić information content (AvgIpc) is 2.84. The van der Waals surface area contributed by atoms with E-state index in [4.69, 9.17) is 0 Å². The Morgan fingerprint density at radius 1 is 1.26 bits per heavy atom. The lowest BCUT2D eigenvalue weighted by atomic mass is 10.1. The van der Waals surface area contributed by atoms with Gasteiger partial charge >= 0.3 is 0 Å². The van der Waals surface area contributed by atoms with Gasteiger partial charge in [-0.25, -0.2) is 8.42 Å². The first-order valence-corrected chi connectivity index (χ1v) is 10.8. The van der Waals surface area contributed by atoms with Crippen molar-refractivity contribution in [2.45, 2.75) is 44.7 Å². The van der Waals surface area contributed by atoms with Crippen LogP contribution in [0.5, 0.6) is 0 Å². The summed E-state index contributed by atoms with van der Waals surface area (Å²) in [7, 11) is 0.519. The van der Waals surface area contributed by atoms with Crippen LogP contribution in [-0.2, 0) is 29.9 Å². The highest BCUT2D eigenvalue weighted by Gasteiger charge is 2.14. The van der Waals surface area contributed by atoms with Crippen molar-refractivity contribution < 1.29 is 8.42 Å². The van der Waals surface area contributed by atoms with Gasteiger partial charge in [0.25, 0.3) is 0 Å². The molecule has 7 nitrogen and oxygen atoms in total. The summed E-state index contributed by atoms with van der Waals surface area (Å²) in [4.78, 5) is 4.59. The molecule has 2 rings (SSSR count). The number of rotatable bonds is 6. The fourth-order valence-corrected chi connectivity index (χ4v) is 3.57. The lowest BCUT2D eigenvalue weighted by molar-refractivity contribution is 0.602. The Kier molecular flexibility index (Phi) is 6.64. The number of nitrogens with zero attached hydrogens (tertiary/aromatic N) is 3. The summed E-state index contributed by atoms with van der Waals surface area (Å²) in [6.45, 7) is 6.78. The molecule has 2 aromatic rings.